The van der Waals surface area contributed by atoms with E-state index in [-0.39, 0.29) is 19.3 Å². The van der Waals surface area contributed by atoms with E-state index >= 15 is 0 Å². The summed E-state index contributed by atoms with van der Waals surface area (Å²) in [6.45, 7) is 0.155. The second-order valence-electron chi connectivity index (χ2n) is 5.03. The number of nitrogens with one attached hydrogen (secondary N) is 1. The number of ether oxygens (including phenoxy) is 2. The summed E-state index contributed by atoms with van der Waals surface area (Å²) in [6.07, 6.45) is 1.72. The van der Waals surface area contributed by atoms with E-state index in [1.165, 1.54) is 12.1 Å². The number of alkyl halides is 3. The molecule has 3 unspecified atom stereocenters. The van der Waals surface area contributed by atoms with E-state index in [1.807, 2.05) is 0 Å². The summed E-state index contributed by atoms with van der Waals surface area (Å²) in [7, 11) is 1.52. The number of nitrogens with zero attached hydrogens (tertiary/aromatic N) is 2. The number of rotatable bonds is 3. The minimum Gasteiger partial charge on any atom is -0.461 e. The van der Waals surface area contributed by atoms with Crippen molar-refractivity contribution in [3.05, 3.63) is 0 Å². The van der Waals surface area contributed by atoms with Crippen molar-refractivity contribution < 1.29 is 22.6 Å². The van der Waals surface area contributed by atoms with Crippen molar-refractivity contribution >= 4 is 5.90 Å². The summed E-state index contributed by atoms with van der Waals surface area (Å²) in [5, 5.41) is 1.33. The van der Waals surface area contributed by atoms with Crippen LogP contribution in [0.5, 0.6) is 0 Å². The molecule has 0 aromatic heterocycles. The maximum Gasteiger partial charge on any atom is 0.405 e. The Balaban J connectivity index is 1.92. The molecule has 118 valence electrons. The topological polar surface area (TPSA) is 46.1 Å². The Labute approximate surface area is 121 Å². The molecule has 0 amide bonds. The van der Waals surface area contributed by atoms with Gasteiger partial charge in [-0.2, -0.15) is 13.2 Å². The second kappa shape index (κ2) is 6.64. The Morgan fingerprint density at radius 1 is 1.52 bits per heavy atom. The van der Waals surface area contributed by atoms with E-state index in [2.05, 4.69) is 16.3 Å². The predicted octanol–water partition coefficient (Wildman–Crippen LogP) is 1.66. The molecular weight excluding hydrogens is 287 g/mol. The molecule has 1 fully saturated rings. The molecule has 5 nitrogen and oxygen atoms in total. The lowest BCUT2D eigenvalue weighted by molar-refractivity contribution is -0.156. The third-order valence-electron chi connectivity index (χ3n) is 3.38. The van der Waals surface area contributed by atoms with Gasteiger partial charge in [0.05, 0.1) is 0 Å². The fraction of sp³-hybridized carbons (Fsp3) is 0.769. The summed E-state index contributed by atoms with van der Waals surface area (Å²) in [4.78, 5) is 4.25. The Bertz CT molecular complexity index is 433. The van der Waals surface area contributed by atoms with Gasteiger partial charge in [0.2, 0.25) is 0 Å². The molecule has 0 spiro atoms. The van der Waals surface area contributed by atoms with Gasteiger partial charge in [-0.3, -0.25) is 0 Å². The van der Waals surface area contributed by atoms with Crippen LogP contribution in [0.25, 0.3) is 0 Å². The third-order valence-corrected chi connectivity index (χ3v) is 3.38. The Hall–Kier alpha value is -1.30. The highest BCUT2D eigenvalue weighted by Crippen LogP contribution is 2.29. The minimum atomic E-state index is -4.29. The molecule has 8 heteroatoms. The highest BCUT2D eigenvalue weighted by atomic mass is 19.4. The molecule has 2 aliphatic rings. The van der Waals surface area contributed by atoms with Gasteiger partial charge in [0.15, 0.2) is 18.4 Å². The maximum absolute atomic E-state index is 12.7. The van der Waals surface area contributed by atoms with Crippen molar-refractivity contribution in [2.45, 2.75) is 50.4 Å². The summed E-state index contributed by atoms with van der Waals surface area (Å²) >= 11 is 0. The molecule has 0 aromatic carbocycles. The summed E-state index contributed by atoms with van der Waals surface area (Å²) in [5.41, 5.74) is 2.35. The zero-order valence-electron chi connectivity index (χ0n) is 11.7. The van der Waals surface area contributed by atoms with E-state index in [1.54, 1.807) is 0 Å². The first-order valence-corrected chi connectivity index (χ1v) is 6.74. The van der Waals surface area contributed by atoms with Gasteiger partial charge in [0, 0.05) is 19.9 Å². The first-order chi connectivity index (χ1) is 9.90. The normalized spacial score (nSPS) is 30.8. The number of hydrogen-bond donors (Lipinski definition) is 1. The van der Waals surface area contributed by atoms with Crippen LogP contribution in [-0.2, 0) is 9.47 Å². The molecule has 1 N–H and O–H groups in total. The first kappa shape index (κ1) is 16.1. The summed E-state index contributed by atoms with van der Waals surface area (Å²) in [6, 6.07) is -1.59. The van der Waals surface area contributed by atoms with Crippen LogP contribution < -0.4 is 5.43 Å². The van der Waals surface area contributed by atoms with Crippen molar-refractivity contribution in [3.8, 4) is 12.3 Å². The molecule has 1 saturated heterocycles. The molecule has 2 aliphatic heterocycles. The highest BCUT2D eigenvalue weighted by molar-refractivity contribution is 5.77. The van der Waals surface area contributed by atoms with Crippen molar-refractivity contribution in [2.75, 3.05) is 13.7 Å². The largest absolute Gasteiger partial charge is 0.461 e. The number of hydrogen-bond acceptors (Lipinski definition) is 5. The van der Waals surface area contributed by atoms with E-state index in [0.29, 0.717) is 12.3 Å². The molecule has 3 atom stereocenters. The van der Waals surface area contributed by atoms with Gasteiger partial charge in [-0.1, -0.05) is 5.92 Å². The van der Waals surface area contributed by atoms with Crippen molar-refractivity contribution in [3.63, 3.8) is 0 Å². The van der Waals surface area contributed by atoms with Crippen LogP contribution in [0.4, 0.5) is 13.2 Å². The van der Waals surface area contributed by atoms with E-state index < -0.39 is 18.4 Å². The average Bonchev–Trinajstić information content (AvgIpc) is 2.78. The van der Waals surface area contributed by atoms with E-state index in [4.69, 9.17) is 15.9 Å². The first-order valence-electron chi connectivity index (χ1n) is 6.74. The summed E-state index contributed by atoms with van der Waals surface area (Å²) in [5.74, 6) is 2.78. The molecule has 21 heavy (non-hydrogen) atoms. The molecule has 0 radical (unpaired) electrons. The number of halogens is 3. The van der Waals surface area contributed by atoms with Gasteiger partial charge in [-0.05, 0) is 12.8 Å². The molecule has 0 aromatic rings. The lowest BCUT2D eigenvalue weighted by Gasteiger charge is -2.25. The van der Waals surface area contributed by atoms with Crippen molar-refractivity contribution in [1.29, 1.82) is 0 Å². The fourth-order valence-electron chi connectivity index (χ4n) is 2.30. The molecule has 0 bridgehead atoms. The standard InChI is InChI=1S/C13H18F3N3O2/c1-3-7-20-10-5-4-6-11(17-10)21-12-8-9(13(14,15)16)18-19(12)2/h1,9-10,12,18H,4-8H2,2H3. The van der Waals surface area contributed by atoms with Gasteiger partial charge in [0.25, 0.3) is 0 Å². The van der Waals surface area contributed by atoms with Gasteiger partial charge in [-0.15, -0.1) is 6.42 Å². The fourth-order valence-corrected chi connectivity index (χ4v) is 2.30. The SMILES string of the molecule is C#CCOC1CCCC(OC2CC(C(F)(F)F)NN2C)=N1. The number of hydrazine groups is 1. The monoisotopic (exact) mass is 305 g/mol. The second-order valence-corrected chi connectivity index (χ2v) is 5.03. The molecule has 0 aliphatic carbocycles. The lowest BCUT2D eigenvalue weighted by Crippen LogP contribution is -2.43. The van der Waals surface area contributed by atoms with E-state index in [9.17, 15) is 13.2 Å². The molecular formula is C13H18F3N3O2. The van der Waals surface area contributed by atoms with Gasteiger partial charge < -0.3 is 9.47 Å². The van der Waals surface area contributed by atoms with Crippen LogP contribution in [0.15, 0.2) is 4.99 Å². The van der Waals surface area contributed by atoms with Crippen LogP contribution in [0, 0.1) is 12.3 Å². The number of terminal acetylenes is 1. The summed E-state index contributed by atoms with van der Waals surface area (Å²) < 4.78 is 48.9. The van der Waals surface area contributed by atoms with E-state index in [0.717, 1.165) is 12.8 Å². The third kappa shape index (κ3) is 4.33. The van der Waals surface area contributed by atoms with Crippen LogP contribution >= 0.6 is 0 Å². The van der Waals surface area contributed by atoms with Crippen LogP contribution in [-0.4, -0.2) is 49.2 Å². The van der Waals surface area contributed by atoms with Crippen molar-refractivity contribution in [2.24, 2.45) is 4.99 Å². The van der Waals surface area contributed by atoms with Crippen LogP contribution in [0.3, 0.4) is 0 Å². The van der Waals surface area contributed by atoms with Crippen LogP contribution in [0.1, 0.15) is 25.7 Å². The Morgan fingerprint density at radius 3 is 2.90 bits per heavy atom. The van der Waals surface area contributed by atoms with Gasteiger partial charge in [-0.25, -0.2) is 15.4 Å². The smallest absolute Gasteiger partial charge is 0.405 e. The molecule has 2 rings (SSSR count). The lowest BCUT2D eigenvalue weighted by atomic mass is 10.1. The van der Waals surface area contributed by atoms with Crippen LogP contribution in [0.2, 0.25) is 0 Å². The quantitative estimate of drug-likeness (QED) is 0.806. The zero-order valence-corrected chi connectivity index (χ0v) is 11.7. The van der Waals surface area contributed by atoms with Gasteiger partial charge >= 0.3 is 6.18 Å². The van der Waals surface area contributed by atoms with Gasteiger partial charge in [0.1, 0.15) is 12.6 Å². The molecule has 0 saturated carbocycles. The molecule has 2 heterocycles. The highest BCUT2D eigenvalue weighted by Gasteiger charge is 2.47. The Kier molecular flexibility index (Phi) is 5.08. The zero-order chi connectivity index (χ0) is 15.5. The maximum atomic E-state index is 12.7. The Morgan fingerprint density at radius 2 is 2.29 bits per heavy atom. The average molecular weight is 305 g/mol. The number of aliphatic imine (C=N–C) groups is 1. The predicted molar refractivity (Wildman–Crippen MR) is 70.1 cm³/mol. The minimum absolute atomic E-state index is 0.155. The van der Waals surface area contributed by atoms with Crippen molar-refractivity contribution in [1.82, 2.24) is 10.4 Å².